The molecule has 0 radical (unpaired) electrons. The van der Waals surface area contributed by atoms with Crippen molar-refractivity contribution in [1.29, 1.82) is 0 Å². The molecule has 0 fully saturated rings. The number of rotatable bonds is 6. The summed E-state index contributed by atoms with van der Waals surface area (Å²) in [5, 5.41) is 0. The average Bonchev–Trinajstić information content (AvgIpc) is 2.28. The van der Waals surface area contributed by atoms with Gasteiger partial charge in [-0.1, -0.05) is 13.8 Å². The molecule has 1 aromatic rings. The fraction of sp³-hybridized carbons (Fsp3) is 0.462. The second-order valence-corrected chi connectivity index (χ2v) is 5.80. The van der Waals surface area contributed by atoms with Crippen molar-refractivity contribution in [3.05, 3.63) is 29.8 Å². The van der Waals surface area contributed by atoms with Crippen LogP contribution in [0.5, 0.6) is 5.75 Å². The lowest BCUT2D eigenvalue weighted by molar-refractivity contribution is 0.102. The van der Waals surface area contributed by atoms with Gasteiger partial charge in [0.25, 0.3) is 0 Å². The van der Waals surface area contributed by atoms with E-state index in [1.165, 1.54) is 0 Å². The van der Waals surface area contributed by atoms with Crippen LogP contribution in [0.3, 0.4) is 0 Å². The van der Waals surface area contributed by atoms with Crippen molar-refractivity contribution >= 4 is 16.6 Å². The molecule has 0 aliphatic rings. The van der Waals surface area contributed by atoms with Gasteiger partial charge >= 0.3 is 0 Å². The summed E-state index contributed by atoms with van der Waals surface area (Å²) in [6, 6.07) is 6.87. The predicted octanol–water partition coefficient (Wildman–Crippen LogP) is 2.28. The third-order valence-electron chi connectivity index (χ3n) is 2.22. The maximum Gasteiger partial charge on any atom is 0.175 e. The molecule has 0 N–H and O–H groups in total. The third kappa shape index (κ3) is 4.69. The first kappa shape index (κ1) is 13.9. The largest absolute Gasteiger partial charge is 0.497 e. The molecule has 17 heavy (non-hydrogen) atoms. The minimum absolute atomic E-state index is 0.0772. The van der Waals surface area contributed by atoms with E-state index >= 15 is 0 Å². The normalized spacial score (nSPS) is 12.5. The molecule has 1 rings (SSSR count). The van der Waals surface area contributed by atoms with E-state index in [0.717, 1.165) is 0 Å². The van der Waals surface area contributed by atoms with Crippen molar-refractivity contribution in [1.82, 2.24) is 0 Å². The number of carbonyl (C=O) groups is 1. The van der Waals surface area contributed by atoms with Crippen LogP contribution in [0.2, 0.25) is 0 Å². The third-order valence-corrected chi connectivity index (χ3v) is 3.85. The van der Waals surface area contributed by atoms with Gasteiger partial charge in [-0.25, -0.2) is 0 Å². The van der Waals surface area contributed by atoms with Crippen LogP contribution in [-0.2, 0) is 10.8 Å². The fourth-order valence-electron chi connectivity index (χ4n) is 1.44. The molecule has 3 nitrogen and oxygen atoms in total. The van der Waals surface area contributed by atoms with Crippen LogP contribution in [0.1, 0.15) is 24.2 Å². The van der Waals surface area contributed by atoms with Gasteiger partial charge in [-0.05, 0) is 30.2 Å². The van der Waals surface area contributed by atoms with Gasteiger partial charge in [-0.2, -0.15) is 0 Å². The van der Waals surface area contributed by atoms with Crippen LogP contribution < -0.4 is 4.74 Å². The summed E-state index contributed by atoms with van der Waals surface area (Å²) in [6.07, 6.45) is 0. The summed E-state index contributed by atoms with van der Waals surface area (Å²) in [5.41, 5.74) is 0.586. The van der Waals surface area contributed by atoms with Gasteiger partial charge in [-0.3, -0.25) is 9.00 Å². The van der Waals surface area contributed by atoms with Gasteiger partial charge in [0.15, 0.2) is 5.78 Å². The molecule has 1 aromatic carbocycles. The monoisotopic (exact) mass is 254 g/mol. The summed E-state index contributed by atoms with van der Waals surface area (Å²) in [5.74, 6) is 1.66. The molecule has 0 aliphatic heterocycles. The average molecular weight is 254 g/mol. The van der Waals surface area contributed by atoms with E-state index in [9.17, 15) is 9.00 Å². The van der Waals surface area contributed by atoms with Crippen LogP contribution in [0.4, 0.5) is 0 Å². The van der Waals surface area contributed by atoms with Crippen LogP contribution in [0.25, 0.3) is 0 Å². The van der Waals surface area contributed by atoms with Crippen LogP contribution in [0, 0.1) is 5.92 Å². The Hall–Kier alpha value is -1.16. The lowest BCUT2D eigenvalue weighted by Gasteiger charge is -2.05. The Bertz CT molecular complexity index is 396. The number of benzene rings is 1. The molecule has 0 amide bonds. The first-order valence-corrected chi connectivity index (χ1v) is 7.04. The molecule has 0 saturated carbocycles. The fourth-order valence-corrected chi connectivity index (χ4v) is 2.76. The molecule has 0 heterocycles. The summed E-state index contributed by atoms with van der Waals surface area (Å²) < 4.78 is 16.6. The molecular weight excluding hydrogens is 236 g/mol. The molecule has 1 unspecified atom stereocenters. The molecule has 0 saturated heterocycles. The number of hydrogen-bond acceptors (Lipinski definition) is 3. The molecule has 0 bridgehead atoms. The summed E-state index contributed by atoms with van der Waals surface area (Å²) in [4.78, 5) is 11.8. The lowest BCUT2D eigenvalue weighted by atomic mass is 10.1. The maximum atomic E-state index is 11.8. The second-order valence-electron chi connectivity index (χ2n) is 4.30. The van der Waals surface area contributed by atoms with Crippen molar-refractivity contribution in [2.75, 3.05) is 18.6 Å². The SMILES string of the molecule is COc1ccc(C(=O)CS(=O)CC(C)C)cc1. The van der Waals surface area contributed by atoms with Crippen LogP contribution >= 0.6 is 0 Å². The first-order chi connectivity index (χ1) is 8.02. The maximum absolute atomic E-state index is 11.8. The number of Topliss-reactive ketones (excluding diaryl/α,β-unsaturated/α-hetero) is 1. The van der Waals surface area contributed by atoms with E-state index in [1.807, 2.05) is 13.8 Å². The van der Waals surface area contributed by atoms with Gasteiger partial charge in [0.05, 0.1) is 12.9 Å². The number of methoxy groups -OCH3 is 1. The zero-order valence-corrected chi connectivity index (χ0v) is 11.3. The Morgan fingerprint density at radius 2 is 1.88 bits per heavy atom. The van der Waals surface area contributed by atoms with Gasteiger partial charge in [0.2, 0.25) is 0 Å². The Kier molecular flexibility index (Phi) is 5.35. The summed E-state index contributed by atoms with van der Waals surface area (Å²) in [7, 11) is 0.509. The van der Waals surface area contributed by atoms with Crippen molar-refractivity contribution in [2.45, 2.75) is 13.8 Å². The Morgan fingerprint density at radius 1 is 1.29 bits per heavy atom. The topological polar surface area (TPSA) is 43.4 Å². The Balaban J connectivity index is 2.60. The first-order valence-electron chi connectivity index (χ1n) is 5.55. The number of carbonyl (C=O) groups excluding carboxylic acids is 1. The minimum atomic E-state index is -1.07. The molecular formula is C13H18O3S. The zero-order chi connectivity index (χ0) is 12.8. The smallest absolute Gasteiger partial charge is 0.175 e. The molecule has 0 aliphatic carbocycles. The highest BCUT2D eigenvalue weighted by Crippen LogP contribution is 2.12. The zero-order valence-electron chi connectivity index (χ0n) is 10.4. The quantitative estimate of drug-likeness (QED) is 0.731. The minimum Gasteiger partial charge on any atom is -0.497 e. The molecule has 0 aromatic heterocycles. The number of hydrogen-bond donors (Lipinski definition) is 0. The molecule has 0 spiro atoms. The molecule has 94 valence electrons. The van der Waals surface area contributed by atoms with E-state index in [0.29, 0.717) is 23.0 Å². The van der Waals surface area contributed by atoms with Gasteiger partial charge < -0.3 is 4.74 Å². The van der Waals surface area contributed by atoms with Gasteiger partial charge in [0, 0.05) is 22.1 Å². The van der Waals surface area contributed by atoms with Crippen LogP contribution in [0.15, 0.2) is 24.3 Å². The molecule has 4 heteroatoms. The molecule has 1 atom stereocenters. The van der Waals surface area contributed by atoms with Crippen LogP contribution in [-0.4, -0.2) is 28.6 Å². The van der Waals surface area contributed by atoms with Crippen molar-refractivity contribution in [2.24, 2.45) is 5.92 Å². The van der Waals surface area contributed by atoms with Gasteiger partial charge in [-0.15, -0.1) is 0 Å². The van der Waals surface area contributed by atoms with Gasteiger partial charge in [0.1, 0.15) is 5.75 Å². The van der Waals surface area contributed by atoms with E-state index < -0.39 is 10.8 Å². The van der Waals surface area contributed by atoms with Crippen molar-refractivity contribution in [3.8, 4) is 5.75 Å². The highest BCUT2D eigenvalue weighted by atomic mass is 32.2. The van der Waals surface area contributed by atoms with E-state index in [-0.39, 0.29) is 11.5 Å². The summed E-state index contributed by atoms with van der Waals surface area (Å²) >= 11 is 0. The van der Waals surface area contributed by atoms with Crippen molar-refractivity contribution < 1.29 is 13.7 Å². The number of ether oxygens (including phenoxy) is 1. The number of ketones is 1. The van der Waals surface area contributed by atoms with E-state index in [2.05, 4.69) is 0 Å². The lowest BCUT2D eigenvalue weighted by Crippen LogP contribution is -2.15. The second kappa shape index (κ2) is 6.55. The Morgan fingerprint density at radius 3 is 2.35 bits per heavy atom. The van der Waals surface area contributed by atoms with E-state index in [1.54, 1.807) is 31.4 Å². The summed E-state index contributed by atoms with van der Waals surface area (Å²) in [6.45, 7) is 3.99. The standard InChI is InChI=1S/C13H18O3S/c1-10(2)8-17(15)9-13(14)11-4-6-12(16-3)7-5-11/h4-7,10H,8-9H2,1-3H3. The van der Waals surface area contributed by atoms with E-state index in [4.69, 9.17) is 4.74 Å². The predicted molar refractivity (Wildman–Crippen MR) is 70.0 cm³/mol. The highest BCUT2D eigenvalue weighted by molar-refractivity contribution is 7.85. The highest BCUT2D eigenvalue weighted by Gasteiger charge is 2.11. The van der Waals surface area contributed by atoms with Crippen molar-refractivity contribution in [3.63, 3.8) is 0 Å². The Labute approximate surface area is 105 Å².